The molecule has 0 aliphatic rings. The molecule has 3 N–H and O–H groups in total. The first-order valence-electron chi connectivity index (χ1n) is 6.21. The summed E-state index contributed by atoms with van der Waals surface area (Å²) in [5.74, 6) is -0.0549. The molecule has 102 valence electrons. The molecular formula is C14H19N3OS. The number of hydrogen-bond acceptors (Lipinski definition) is 2. The van der Waals surface area contributed by atoms with Crippen LogP contribution in [0.25, 0.3) is 0 Å². The van der Waals surface area contributed by atoms with Gasteiger partial charge in [0.2, 0.25) is 0 Å². The molecule has 5 heteroatoms. The molecule has 0 radical (unpaired) electrons. The van der Waals surface area contributed by atoms with Crippen molar-refractivity contribution in [3.63, 3.8) is 0 Å². The Hall–Kier alpha value is -1.88. The van der Waals surface area contributed by atoms with Gasteiger partial charge in [0, 0.05) is 24.3 Å². The SMILES string of the molecule is C=CCNC(=S)Nc1ccc(C(=O)NCCC)cc1. The average molecular weight is 277 g/mol. The lowest BCUT2D eigenvalue weighted by Gasteiger charge is -2.09. The lowest BCUT2D eigenvalue weighted by molar-refractivity contribution is 0.0953. The largest absolute Gasteiger partial charge is 0.359 e. The van der Waals surface area contributed by atoms with Crippen molar-refractivity contribution >= 4 is 28.9 Å². The van der Waals surface area contributed by atoms with Gasteiger partial charge in [-0.05, 0) is 42.9 Å². The smallest absolute Gasteiger partial charge is 0.251 e. The van der Waals surface area contributed by atoms with Crippen LogP contribution in [0.5, 0.6) is 0 Å². The van der Waals surface area contributed by atoms with E-state index in [9.17, 15) is 4.79 Å². The Labute approximate surface area is 119 Å². The third-order valence-electron chi connectivity index (χ3n) is 2.35. The Kier molecular flexibility index (Phi) is 6.60. The molecule has 0 aromatic heterocycles. The molecule has 1 rings (SSSR count). The van der Waals surface area contributed by atoms with Gasteiger partial charge in [-0.3, -0.25) is 4.79 Å². The van der Waals surface area contributed by atoms with E-state index in [1.807, 2.05) is 19.1 Å². The molecule has 0 heterocycles. The number of anilines is 1. The Morgan fingerprint density at radius 3 is 2.58 bits per heavy atom. The maximum absolute atomic E-state index is 11.7. The summed E-state index contributed by atoms with van der Waals surface area (Å²) >= 11 is 5.09. The van der Waals surface area contributed by atoms with Gasteiger partial charge in [0.1, 0.15) is 0 Å². The van der Waals surface area contributed by atoms with Crippen LogP contribution in [0, 0.1) is 0 Å². The van der Waals surface area contributed by atoms with Gasteiger partial charge < -0.3 is 16.0 Å². The second-order valence-corrected chi connectivity index (χ2v) is 4.37. The number of benzene rings is 1. The van der Waals surface area contributed by atoms with E-state index in [0.717, 1.165) is 12.1 Å². The van der Waals surface area contributed by atoms with Crippen molar-refractivity contribution in [1.82, 2.24) is 10.6 Å². The van der Waals surface area contributed by atoms with Crippen LogP contribution in [0.1, 0.15) is 23.7 Å². The predicted molar refractivity (Wildman–Crippen MR) is 83.5 cm³/mol. The quantitative estimate of drug-likeness (QED) is 0.552. The van der Waals surface area contributed by atoms with Gasteiger partial charge in [0.25, 0.3) is 5.91 Å². The predicted octanol–water partition coefficient (Wildman–Crippen LogP) is 2.30. The molecule has 0 bridgehead atoms. The maximum atomic E-state index is 11.7. The van der Waals surface area contributed by atoms with Crippen LogP contribution in [-0.2, 0) is 0 Å². The maximum Gasteiger partial charge on any atom is 0.251 e. The first-order valence-corrected chi connectivity index (χ1v) is 6.62. The lowest BCUT2D eigenvalue weighted by Crippen LogP contribution is -2.28. The third-order valence-corrected chi connectivity index (χ3v) is 2.59. The highest BCUT2D eigenvalue weighted by Crippen LogP contribution is 2.09. The highest BCUT2D eigenvalue weighted by Gasteiger charge is 2.04. The minimum atomic E-state index is -0.0549. The molecule has 4 nitrogen and oxygen atoms in total. The monoisotopic (exact) mass is 277 g/mol. The molecular weight excluding hydrogens is 258 g/mol. The Morgan fingerprint density at radius 2 is 2.00 bits per heavy atom. The molecule has 0 saturated heterocycles. The van der Waals surface area contributed by atoms with Gasteiger partial charge in [-0.15, -0.1) is 6.58 Å². The van der Waals surface area contributed by atoms with E-state index in [4.69, 9.17) is 12.2 Å². The molecule has 19 heavy (non-hydrogen) atoms. The normalized spacial score (nSPS) is 9.53. The van der Waals surface area contributed by atoms with Gasteiger partial charge in [-0.25, -0.2) is 0 Å². The minimum Gasteiger partial charge on any atom is -0.359 e. The van der Waals surface area contributed by atoms with Crippen molar-refractivity contribution in [2.45, 2.75) is 13.3 Å². The van der Waals surface area contributed by atoms with E-state index in [1.54, 1.807) is 18.2 Å². The molecule has 1 amide bonds. The number of carbonyl (C=O) groups excluding carboxylic acids is 1. The van der Waals surface area contributed by atoms with E-state index in [-0.39, 0.29) is 5.91 Å². The van der Waals surface area contributed by atoms with Crippen LogP contribution in [0.15, 0.2) is 36.9 Å². The minimum absolute atomic E-state index is 0.0549. The van der Waals surface area contributed by atoms with Crippen LogP contribution in [0.2, 0.25) is 0 Å². The van der Waals surface area contributed by atoms with Crippen LogP contribution < -0.4 is 16.0 Å². The first kappa shape index (κ1) is 15.2. The van der Waals surface area contributed by atoms with Crippen LogP contribution in [-0.4, -0.2) is 24.1 Å². The number of amides is 1. The third kappa shape index (κ3) is 5.52. The Bertz CT molecular complexity index is 443. The molecule has 0 aliphatic carbocycles. The van der Waals surface area contributed by atoms with Gasteiger partial charge in [-0.2, -0.15) is 0 Å². The summed E-state index contributed by atoms with van der Waals surface area (Å²) in [4.78, 5) is 11.7. The highest BCUT2D eigenvalue weighted by atomic mass is 32.1. The number of hydrogen-bond donors (Lipinski definition) is 3. The molecule has 0 spiro atoms. The van der Waals surface area contributed by atoms with Crippen LogP contribution in [0.3, 0.4) is 0 Å². The van der Waals surface area contributed by atoms with Crippen LogP contribution in [0.4, 0.5) is 5.69 Å². The fourth-order valence-electron chi connectivity index (χ4n) is 1.39. The molecule has 0 unspecified atom stereocenters. The van der Waals surface area contributed by atoms with E-state index in [1.165, 1.54) is 0 Å². The van der Waals surface area contributed by atoms with E-state index < -0.39 is 0 Å². The van der Waals surface area contributed by atoms with Crippen molar-refractivity contribution in [3.8, 4) is 0 Å². The molecule has 0 aliphatic heterocycles. The fraction of sp³-hybridized carbons (Fsp3) is 0.286. The Morgan fingerprint density at radius 1 is 1.32 bits per heavy atom. The number of thiocarbonyl (C=S) groups is 1. The second-order valence-electron chi connectivity index (χ2n) is 3.96. The zero-order valence-corrected chi connectivity index (χ0v) is 11.8. The van der Waals surface area contributed by atoms with Gasteiger partial charge in [0.05, 0.1) is 0 Å². The van der Waals surface area contributed by atoms with E-state index in [0.29, 0.717) is 23.8 Å². The molecule has 1 aromatic rings. The van der Waals surface area contributed by atoms with Gasteiger partial charge >= 0.3 is 0 Å². The van der Waals surface area contributed by atoms with E-state index >= 15 is 0 Å². The number of carbonyl (C=O) groups is 1. The second kappa shape index (κ2) is 8.26. The van der Waals surface area contributed by atoms with Crippen LogP contribution >= 0.6 is 12.2 Å². The standard InChI is InChI=1S/C14H19N3OS/c1-3-9-15-13(18)11-5-7-12(8-6-11)17-14(19)16-10-4-2/h4-8H,2-3,9-10H2,1H3,(H,15,18)(H2,16,17,19). The first-order chi connectivity index (χ1) is 9.17. The van der Waals surface area contributed by atoms with Crippen molar-refractivity contribution in [2.24, 2.45) is 0 Å². The zero-order chi connectivity index (χ0) is 14.1. The Balaban J connectivity index is 2.53. The fourth-order valence-corrected chi connectivity index (χ4v) is 1.59. The van der Waals surface area contributed by atoms with Crippen molar-refractivity contribution in [2.75, 3.05) is 18.4 Å². The zero-order valence-electron chi connectivity index (χ0n) is 11.0. The number of nitrogens with one attached hydrogen (secondary N) is 3. The summed E-state index contributed by atoms with van der Waals surface area (Å²) in [6, 6.07) is 7.18. The molecule has 0 atom stereocenters. The lowest BCUT2D eigenvalue weighted by atomic mass is 10.2. The van der Waals surface area contributed by atoms with Gasteiger partial charge in [-0.1, -0.05) is 13.0 Å². The summed E-state index contributed by atoms with van der Waals surface area (Å²) < 4.78 is 0. The summed E-state index contributed by atoms with van der Waals surface area (Å²) in [5, 5.41) is 9.35. The summed E-state index contributed by atoms with van der Waals surface area (Å²) in [7, 11) is 0. The number of rotatable bonds is 6. The topological polar surface area (TPSA) is 53.2 Å². The van der Waals surface area contributed by atoms with Crippen molar-refractivity contribution in [3.05, 3.63) is 42.5 Å². The average Bonchev–Trinajstić information content (AvgIpc) is 2.43. The molecule has 0 fully saturated rings. The van der Waals surface area contributed by atoms with Crippen molar-refractivity contribution in [1.29, 1.82) is 0 Å². The summed E-state index contributed by atoms with van der Waals surface area (Å²) in [6.07, 6.45) is 2.66. The molecule has 0 saturated carbocycles. The summed E-state index contributed by atoms with van der Waals surface area (Å²) in [6.45, 7) is 6.92. The van der Waals surface area contributed by atoms with Crippen molar-refractivity contribution < 1.29 is 4.79 Å². The van der Waals surface area contributed by atoms with E-state index in [2.05, 4.69) is 22.5 Å². The summed E-state index contributed by atoms with van der Waals surface area (Å²) in [5.41, 5.74) is 1.48. The van der Waals surface area contributed by atoms with Gasteiger partial charge in [0.15, 0.2) is 5.11 Å². The highest BCUT2D eigenvalue weighted by molar-refractivity contribution is 7.80. The molecule has 1 aromatic carbocycles.